The van der Waals surface area contributed by atoms with E-state index < -0.39 is 28.6 Å². The van der Waals surface area contributed by atoms with Gasteiger partial charge in [0.25, 0.3) is 0 Å². The predicted octanol–water partition coefficient (Wildman–Crippen LogP) is 0.540. The summed E-state index contributed by atoms with van der Waals surface area (Å²) in [5.74, 6) is -0.643. The molecule has 0 radical (unpaired) electrons. The Hall–Kier alpha value is 0.150. The molecule has 0 saturated heterocycles. The Balaban J connectivity index is 3.99. The summed E-state index contributed by atoms with van der Waals surface area (Å²) in [6.45, 7) is 0. The first kappa shape index (κ1) is 11.2. The van der Waals surface area contributed by atoms with E-state index in [-0.39, 0.29) is 0 Å². The average molecular weight is 211 g/mol. The molecule has 2 atom stereocenters. The lowest BCUT2D eigenvalue weighted by molar-refractivity contribution is -0.158. The molecule has 0 saturated carbocycles. The Morgan fingerprint density at radius 3 is 2.18 bits per heavy atom. The van der Waals surface area contributed by atoms with E-state index in [1.807, 2.05) is 0 Å². The number of alkyl halides is 4. The second kappa shape index (κ2) is 4.24. The lowest BCUT2D eigenvalue weighted by atomic mass is 10.7. The molecule has 8 heteroatoms. The standard InChI is InChI=1S/C3H5ClF3NO2S/c4-1-2(11(9)10)8-3(5,6)7/h2,8H,1H2,(H,9,10)/p-1. The molecule has 0 aromatic carbocycles. The first-order chi connectivity index (χ1) is 4.87. The first-order valence-corrected chi connectivity index (χ1v) is 4.02. The van der Waals surface area contributed by atoms with Crippen LogP contribution in [-0.2, 0) is 11.1 Å². The molecule has 0 bridgehead atoms. The summed E-state index contributed by atoms with van der Waals surface area (Å²) in [7, 11) is 0. The number of hydrogen-bond acceptors (Lipinski definition) is 3. The highest BCUT2D eigenvalue weighted by Gasteiger charge is 2.30. The summed E-state index contributed by atoms with van der Waals surface area (Å²) in [6.07, 6.45) is -4.72. The fourth-order valence-electron chi connectivity index (χ4n) is 0.321. The maximum atomic E-state index is 11.4. The van der Waals surface area contributed by atoms with E-state index in [4.69, 9.17) is 11.6 Å². The van der Waals surface area contributed by atoms with Crippen molar-refractivity contribution in [2.24, 2.45) is 0 Å². The van der Waals surface area contributed by atoms with Crippen LogP contribution >= 0.6 is 11.6 Å². The number of nitrogens with one attached hydrogen (secondary N) is 1. The highest BCUT2D eigenvalue weighted by Crippen LogP contribution is 2.12. The Labute approximate surface area is 68.2 Å². The fourth-order valence-corrected chi connectivity index (χ4v) is 1.04. The molecule has 0 rings (SSSR count). The van der Waals surface area contributed by atoms with Gasteiger partial charge in [-0.25, -0.2) is 5.32 Å². The number of hydrogen-bond donors (Lipinski definition) is 1. The third kappa shape index (κ3) is 5.42. The quantitative estimate of drug-likeness (QED) is 0.420. The van der Waals surface area contributed by atoms with Gasteiger partial charge in [-0.1, -0.05) is 0 Å². The molecule has 1 N–H and O–H groups in total. The zero-order valence-corrected chi connectivity index (χ0v) is 6.59. The van der Waals surface area contributed by atoms with Gasteiger partial charge in [-0.15, -0.1) is 11.6 Å². The minimum atomic E-state index is -4.72. The van der Waals surface area contributed by atoms with Crippen LogP contribution in [0.1, 0.15) is 0 Å². The van der Waals surface area contributed by atoms with Crippen LogP contribution < -0.4 is 5.32 Å². The fraction of sp³-hybridized carbons (Fsp3) is 1.00. The molecule has 0 fully saturated rings. The van der Waals surface area contributed by atoms with Crippen LogP contribution in [-0.4, -0.2) is 26.3 Å². The highest BCUT2D eigenvalue weighted by atomic mass is 35.5. The van der Waals surface area contributed by atoms with Gasteiger partial charge in [0, 0.05) is 5.88 Å². The third-order valence-corrected chi connectivity index (χ3v) is 1.94. The summed E-state index contributed by atoms with van der Waals surface area (Å²) in [4.78, 5) is 0. The molecular formula is C3H4ClF3NO2S-. The van der Waals surface area contributed by atoms with Gasteiger partial charge < -0.3 is 4.55 Å². The molecule has 0 aromatic heterocycles. The van der Waals surface area contributed by atoms with Crippen LogP contribution in [0.15, 0.2) is 0 Å². The monoisotopic (exact) mass is 210 g/mol. The molecular weight excluding hydrogens is 207 g/mol. The van der Waals surface area contributed by atoms with Crippen molar-refractivity contribution in [1.29, 1.82) is 0 Å². The first-order valence-electron chi connectivity index (χ1n) is 2.35. The summed E-state index contributed by atoms with van der Waals surface area (Å²) >= 11 is 2.05. The third-order valence-electron chi connectivity index (χ3n) is 0.697. The highest BCUT2D eigenvalue weighted by molar-refractivity contribution is 7.79. The zero-order valence-electron chi connectivity index (χ0n) is 5.02. The second-order valence-corrected chi connectivity index (χ2v) is 2.94. The SMILES string of the molecule is O=S([O-])C(CCl)NC(F)(F)F. The van der Waals surface area contributed by atoms with Gasteiger partial charge >= 0.3 is 6.30 Å². The lowest BCUT2D eigenvalue weighted by Gasteiger charge is -2.19. The largest absolute Gasteiger partial charge is 0.771 e. The summed E-state index contributed by atoms with van der Waals surface area (Å²) < 4.78 is 54.2. The molecule has 0 aliphatic heterocycles. The average Bonchev–Trinajstić information content (AvgIpc) is 1.80. The van der Waals surface area contributed by atoms with Gasteiger partial charge in [-0.2, -0.15) is 13.2 Å². The zero-order chi connectivity index (χ0) is 9.07. The molecule has 2 unspecified atom stereocenters. The van der Waals surface area contributed by atoms with Gasteiger partial charge in [0.2, 0.25) is 0 Å². The minimum Gasteiger partial charge on any atom is -0.771 e. The second-order valence-electron chi connectivity index (χ2n) is 1.55. The van der Waals surface area contributed by atoms with Crippen molar-refractivity contribution in [2.45, 2.75) is 11.7 Å². The Morgan fingerprint density at radius 1 is 1.64 bits per heavy atom. The van der Waals surface area contributed by atoms with Gasteiger partial charge in [-0.05, 0) is 11.1 Å². The summed E-state index contributed by atoms with van der Waals surface area (Å²) in [6, 6.07) is 0. The maximum absolute atomic E-state index is 11.4. The van der Waals surface area contributed by atoms with Crippen LogP contribution in [0.25, 0.3) is 0 Å². The molecule has 11 heavy (non-hydrogen) atoms. The minimum absolute atomic E-state index is 0.643. The van der Waals surface area contributed by atoms with E-state index in [1.54, 1.807) is 0 Å². The van der Waals surface area contributed by atoms with E-state index in [9.17, 15) is 21.9 Å². The molecule has 0 spiro atoms. The van der Waals surface area contributed by atoms with Crippen molar-refractivity contribution < 1.29 is 21.9 Å². The van der Waals surface area contributed by atoms with Crippen molar-refractivity contribution in [1.82, 2.24) is 5.32 Å². The molecule has 0 amide bonds. The molecule has 0 aromatic rings. The van der Waals surface area contributed by atoms with E-state index in [2.05, 4.69) is 0 Å². The molecule has 68 valence electrons. The van der Waals surface area contributed by atoms with Crippen LogP contribution in [0.2, 0.25) is 0 Å². The number of rotatable bonds is 3. The van der Waals surface area contributed by atoms with Crippen LogP contribution in [0.5, 0.6) is 0 Å². The van der Waals surface area contributed by atoms with Crippen LogP contribution in [0.3, 0.4) is 0 Å². The molecule has 0 aliphatic carbocycles. The Bertz CT molecular complexity index is 152. The maximum Gasteiger partial charge on any atom is 0.458 e. The smallest absolute Gasteiger partial charge is 0.458 e. The van der Waals surface area contributed by atoms with Crippen molar-refractivity contribution in [3.05, 3.63) is 0 Å². The van der Waals surface area contributed by atoms with Gasteiger partial charge in [0.1, 0.15) is 0 Å². The normalized spacial score (nSPS) is 17.9. The van der Waals surface area contributed by atoms with Gasteiger partial charge in [0.15, 0.2) is 0 Å². The lowest BCUT2D eigenvalue weighted by Crippen LogP contribution is -2.44. The van der Waals surface area contributed by atoms with Crippen molar-refractivity contribution in [3.63, 3.8) is 0 Å². The van der Waals surface area contributed by atoms with Crippen molar-refractivity contribution in [2.75, 3.05) is 5.88 Å². The van der Waals surface area contributed by atoms with Crippen LogP contribution in [0.4, 0.5) is 13.2 Å². The predicted molar refractivity (Wildman–Crippen MR) is 32.6 cm³/mol. The van der Waals surface area contributed by atoms with Crippen LogP contribution in [0, 0.1) is 0 Å². The van der Waals surface area contributed by atoms with Gasteiger partial charge in [0.05, 0.1) is 5.37 Å². The van der Waals surface area contributed by atoms with E-state index in [0.29, 0.717) is 0 Å². The summed E-state index contributed by atoms with van der Waals surface area (Å²) in [5.41, 5.74) is 0. The van der Waals surface area contributed by atoms with Crippen molar-refractivity contribution >= 4 is 22.7 Å². The number of halogens is 4. The van der Waals surface area contributed by atoms with E-state index >= 15 is 0 Å². The Morgan fingerprint density at radius 2 is 2.09 bits per heavy atom. The molecule has 3 nitrogen and oxygen atoms in total. The van der Waals surface area contributed by atoms with E-state index in [0.717, 1.165) is 5.32 Å². The topological polar surface area (TPSA) is 52.2 Å². The molecule has 0 heterocycles. The van der Waals surface area contributed by atoms with Crippen molar-refractivity contribution in [3.8, 4) is 0 Å². The van der Waals surface area contributed by atoms with E-state index in [1.165, 1.54) is 0 Å². The molecule has 0 aliphatic rings. The van der Waals surface area contributed by atoms with Gasteiger partial charge in [-0.3, -0.25) is 4.21 Å². The Kier molecular flexibility index (Phi) is 4.30. The summed E-state index contributed by atoms with van der Waals surface area (Å²) in [5, 5.41) is -0.920.